The summed E-state index contributed by atoms with van der Waals surface area (Å²) in [5, 5.41) is 3.56. The van der Waals surface area contributed by atoms with Gasteiger partial charge < -0.3 is 15.1 Å². The third-order valence-corrected chi connectivity index (χ3v) is 5.65. The van der Waals surface area contributed by atoms with Crippen molar-refractivity contribution in [2.45, 2.75) is 37.6 Å². The molecule has 0 atom stereocenters. The maximum Gasteiger partial charge on any atom is 0.236 e. The van der Waals surface area contributed by atoms with Crippen molar-refractivity contribution in [2.75, 3.05) is 59.4 Å². The Labute approximate surface area is 128 Å². The lowest BCUT2D eigenvalue weighted by molar-refractivity contribution is -0.136. The van der Waals surface area contributed by atoms with Gasteiger partial charge in [0.05, 0.1) is 6.54 Å². The minimum atomic E-state index is 0.263. The first kappa shape index (κ1) is 15.3. The average molecular weight is 294 g/mol. The Balaban J connectivity index is 1.60. The van der Waals surface area contributed by atoms with E-state index in [2.05, 4.69) is 27.1 Å². The van der Waals surface area contributed by atoms with Gasteiger partial charge in [0.25, 0.3) is 0 Å². The van der Waals surface area contributed by atoms with Gasteiger partial charge in [0.2, 0.25) is 5.91 Å². The monoisotopic (exact) mass is 294 g/mol. The second-order valence-corrected chi connectivity index (χ2v) is 7.07. The van der Waals surface area contributed by atoms with Crippen molar-refractivity contribution in [1.82, 2.24) is 20.0 Å². The maximum atomic E-state index is 12.6. The summed E-state index contributed by atoms with van der Waals surface area (Å²) in [6.07, 6.45) is 6.52. The number of carbonyl (C=O) groups excluding carboxylic acids is 1. The van der Waals surface area contributed by atoms with Gasteiger partial charge in [-0.2, -0.15) is 0 Å². The Hall–Kier alpha value is -0.650. The number of piperazine rings is 2. The van der Waals surface area contributed by atoms with E-state index in [1.165, 1.54) is 32.1 Å². The Morgan fingerprint density at radius 2 is 1.76 bits per heavy atom. The summed E-state index contributed by atoms with van der Waals surface area (Å²) in [5.74, 6) is 0.343. The highest BCUT2D eigenvalue weighted by Gasteiger charge is 2.40. The van der Waals surface area contributed by atoms with E-state index in [9.17, 15) is 4.79 Å². The quantitative estimate of drug-likeness (QED) is 0.799. The normalized spacial score (nSPS) is 28.0. The summed E-state index contributed by atoms with van der Waals surface area (Å²) in [7, 11) is 2.13. The molecule has 2 aliphatic heterocycles. The molecule has 0 aromatic carbocycles. The zero-order valence-corrected chi connectivity index (χ0v) is 13.4. The molecule has 0 aromatic rings. The van der Waals surface area contributed by atoms with Crippen LogP contribution in [0.4, 0.5) is 0 Å². The lowest BCUT2D eigenvalue weighted by atomic mass is 9.79. The van der Waals surface area contributed by atoms with Gasteiger partial charge in [-0.15, -0.1) is 0 Å². The molecular weight excluding hydrogens is 264 g/mol. The summed E-state index contributed by atoms with van der Waals surface area (Å²) < 4.78 is 0. The van der Waals surface area contributed by atoms with Gasteiger partial charge in [-0.1, -0.05) is 19.3 Å². The van der Waals surface area contributed by atoms with Gasteiger partial charge in [0.15, 0.2) is 0 Å². The van der Waals surface area contributed by atoms with Crippen molar-refractivity contribution in [1.29, 1.82) is 0 Å². The van der Waals surface area contributed by atoms with Crippen molar-refractivity contribution >= 4 is 5.91 Å². The number of rotatable bonds is 2. The van der Waals surface area contributed by atoms with Gasteiger partial charge in [-0.25, -0.2) is 0 Å². The summed E-state index contributed by atoms with van der Waals surface area (Å²) in [4.78, 5) is 19.5. The molecular formula is C16H30N4O. The van der Waals surface area contributed by atoms with Gasteiger partial charge in [0.1, 0.15) is 0 Å². The van der Waals surface area contributed by atoms with Gasteiger partial charge >= 0.3 is 0 Å². The molecule has 1 saturated carbocycles. The van der Waals surface area contributed by atoms with E-state index in [-0.39, 0.29) is 5.54 Å². The van der Waals surface area contributed by atoms with Crippen molar-refractivity contribution in [3.8, 4) is 0 Å². The minimum Gasteiger partial charge on any atom is -0.339 e. The van der Waals surface area contributed by atoms with E-state index in [1.807, 2.05) is 0 Å². The molecule has 0 aromatic heterocycles. The lowest BCUT2D eigenvalue weighted by Gasteiger charge is -2.50. The second-order valence-electron chi connectivity index (χ2n) is 7.07. The van der Waals surface area contributed by atoms with Crippen LogP contribution < -0.4 is 5.32 Å². The van der Waals surface area contributed by atoms with Gasteiger partial charge in [-0.3, -0.25) is 9.69 Å². The van der Waals surface area contributed by atoms with Crippen LogP contribution in [0.3, 0.4) is 0 Å². The largest absolute Gasteiger partial charge is 0.339 e. The second kappa shape index (κ2) is 6.63. The van der Waals surface area contributed by atoms with Crippen LogP contribution in [-0.4, -0.2) is 85.6 Å². The van der Waals surface area contributed by atoms with E-state index in [0.717, 1.165) is 45.8 Å². The van der Waals surface area contributed by atoms with Crippen molar-refractivity contribution in [3.63, 3.8) is 0 Å². The molecule has 21 heavy (non-hydrogen) atoms. The number of hydrogen-bond donors (Lipinski definition) is 1. The number of nitrogens with zero attached hydrogens (tertiary/aromatic N) is 3. The summed E-state index contributed by atoms with van der Waals surface area (Å²) in [6, 6.07) is 0. The average Bonchev–Trinajstić information content (AvgIpc) is 2.51. The highest BCUT2D eigenvalue weighted by atomic mass is 16.2. The Morgan fingerprint density at radius 1 is 1.05 bits per heavy atom. The maximum absolute atomic E-state index is 12.6. The fraction of sp³-hybridized carbons (Fsp3) is 0.938. The molecule has 3 aliphatic rings. The van der Waals surface area contributed by atoms with Crippen molar-refractivity contribution in [3.05, 3.63) is 0 Å². The van der Waals surface area contributed by atoms with Crippen LogP contribution in [0.2, 0.25) is 0 Å². The molecule has 3 rings (SSSR count). The molecule has 1 N–H and O–H groups in total. The molecule has 0 bridgehead atoms. The van der Waals surface area contributed by atoms with Crippen molar-refractivity contribution in [2.24, 2.45) is 0 Å². The standard InChI is InChI=1S/C16H30N4O/c1-18-9-11-19(12-10-18)15(21)13-20-8-7-17-14-16(20)5-3-2-4-6-16/h17H,2-14H2,1H3. The summed E-state index contributed by atoms with van der Waals surface area (Å²) in [6.45, 7) is 7.57. The summed E-state index contributed by atoms with van der Waals surface area (Å²) in [5.41, 5.74) is 0.263. The Morgan fingerprint density at radius 3 is 2.48 bits per heavy atom. The first-order valence-electron chi connectivity index (χ1n) is 8.62. The third kappa shape index (κ3) is 3.41. The van der Waals surface area contributed by atoms with E-state index >= 15 is 0 Å². The predicted octanol–water partition coefficient (Wildman–Crippen LogP) is 0.369. The fourth-order valence-corrected chi connectivity index (χ4v) is 4.15. The third-order valence-electron chi connectivity index (χ3n) is 5.65. The van der Waals surface area contributed by atoms with E-state index in [4.69, 9.17) is 0 Å². The highest BCUT2D eigenvalue weighted by molar-refractivity contribution is 5.78. The molecule has 3 fully saturated rings. The molecule has 1 amide bonds. The molecule has 2 saturated heterocycles. The molecule has 120 valence electrons. The molecule has 1 spiro atoms. The number of carbonyl (C=O) groups is 1. The van der Waals surface area contributed by atoms with Crippen LogP contribution in [0.15, 0.2) is 0 Å². The number of nitrogens with one attached hydrogen (secondary N) is 1. The van der Waals surface area contributed by atoms with Crippen LogP contribution in [0.25, 0.3) is 0 Å². The lowest BCUT2D eigenvalue weighted by Crippen LogP contribution is -2.64. The van der Waals surface area contributed by atoms with Crippen LogP contribution in [-0.2, 0) is 4.79 Å². The molecule has 0 radical (unpaired) electrons. The van der Waals surface area contributed by atoms with Crippen LogP contribution in [0.1, 0.15) is 32.1 Å². The Kier molecular flexibility index (Phi) is 4.82. The highest BCUT2D eigenvalue weighted by Crippen LogP contribution is 2.34. The summed E-state index contributed by atoms with van der Waals surface area (Å²) >= 11 is 0. The van der Waals surface area contributed by atoms with E-state index in [1.54, 1.807) is 0 Å². The fourth-order valence-electron chi connectivity index (χ4n) is 4.15. The number of likely N-dealkylation sites (N-methyl/N-ethyl adjacent to an activating group) is 1. The molecule has 5 nitrogen and oxygen atoms in total. The zero-order valence-electron chi connectivity index (χ0n) is 13.4. The van der Waals surface area contributed by atoms with E-state index in [0.29, 0.717) is 12.5 Å². The predicted molar refractivity (Wildman–Crippen MR) is 84.3 cm³/mol. The number of amides is 1. The van der Waals surface area contributed by atoms with Crippen molar-refractivity contribution < 1.29 is 4.79 Å². The van der Waals surface area contributed by atoms with Gasteiger partial charge in [0, 0.05) is 51.4 Å². The van der Waals surface area contributed by atoms with Crippen LogP contribution in [0, 0.1) is 0 Å². The first-order chi connectivity index (χ1) is 10.2. The number of hydrogen-bond acceptors (Lipinski definition) is 4. The minimum absolute atomic E-state index is 0.263. The Bertz CT molecular complexity index is 351. The smallest absolute Gasteiger partial charge is 0.236 e. The first-order valence-corrected chi connectivity index (χ1v) is 8.62. The topological polar surface area (TPSA) is 38.8 Å². The van der Waals surface area contributed by atoms with E-state index < -0.39 is 0 Å². The molecule has 5 heteroatoms. The van der Waals surface area contributed by atoms with Crippen LogP contribution in [0.5, 0.6) is 0 Å². The van der Waals surface area contributed by atoms with Gasteiger partial charge in [-0.05, 0) is 19.9 Å². The molecule has 1 aliphatic carbocycles. The molecule has 2 heterocycles. The zero-order chi connectivity index (χ0) is 14.7. The SMILES string of the molecule is CN1CCN(C(=O)CN2CCNCC23CCCCC3)CC1. The van der Waals surface area contributed by atoms with Crippen LogP contribution >= 0.6 is 0 Å². The molecule has 0 unspecified atom stereocenters.